The quantitative estimate of drug-likeness (QED) is 0.565. The Morgan fingerprint density at radius 1 is 1.07 bits per heavy atom. The predicted molar refractivity (Wildman–Crippen MR) is 68.3 cm³/mol. The second kappa shape index (κ2) is 11.3. The van der Waals surface area contributed by atoms with E-state index in [4.69, 9.17) is 0 Å². The number of thioether (sulfide) groups is 1. The minimum atomic E-state index is 1.16. The van der Waals surface area contributed by atoms with Crippen molar-refractivity contribution in [2.75, 3.05) is 44.2 Å². The molecule has 0 aromatic heterocycles. The van der Waals surface area contributed by atoms with Crippen molar-refractivity contribution in [2.24, 2.45) is 0 Å². The zero-order valence-electron chi connectivity index (χ0n) is 10.0. The van der Waals surface area contributed by atoms with Gasteiger partial charge in [-0.25, -0.2) is 0 Å². The molecule has 1 N–H and O–H groups in total. The van der Waals surface area contributed by atoms with Crippen molar-refractivity contribution in [1.82, 2.24) is 10.2 Å². The second-order valence-corrected chi connectivity index (χ2v) is 4.72. The Balaban J connectivity index is 3.04. The highest BCUT2D eigenvalue weighted by molar-refractivity contribution is 7.99. The second-order valence-electron chi connectivity index (χ2n) is 3.33. The van der Waals surface area contributed by atoms with Crippen LogP contribution in [0.15, 0.2) is 0 Å². The minimum absolute atomic E-state index is 1.16. The Kier molecular flexibility index (Phi) is 11.6. The van der Waals surface area contributed by atoms with E-state index in [1.165, 1.54) is 44.1 Å². The highest BCUT2D eigenvalue weighted by atomic mass is 32.2. The van der Waals surface area contributed by atoms with Gasteiger partial charge in [0.05, 0.1) is 0 Å². The molecule has 3 heteroatoms. The normalized spacial score (nSPS) is 11.1. The molecule has 2 nitrogen and oxygen atoms in total. The summed E-state index contributed by atoms with van der Waals surface area (Å²) in [6.07, 6.45) is 1.28. The van der Waals surface area contributed by atoms with Crippen LogP contribution >= 0.6 is 11.8 Å². The van der Waals surface area contributed by atoms with Crippen molar-refractivity contribution in [3.8, 4) is 0 Å². The van der Waals surface area contributed by atoms with Crippen LogP contribution in [-0.4, -0.2) is 49.1 Å². The van der Waals surface area contributed by atoms with Crippen LogP contribution in [0.3, 0.4) is 0 Å². The third kappa shape index (κ3) is 8.85. The number of hydrogen-bond donors (Lipinski definition) is 1. The maximum Gasteiger partial charge on any atom is 0.00579 e. The number of nitrogens with zero attached hydrogens (tertiary/aromatic N) is 1. The first-order valence-corrected chi connectivity index (χ1v) is 7.01. The molecule has 0 spiro atoms. The van der Waals surface area contributed by atoms with Crippen LogP contribution in [0.2, 0.25) is 0 Å². The van der Waals surface area contributed by atoms with E-state index >= 15 is 0 Å². The van der Waals surface area contributed by atoms with E-state index in [1.54, 1.807) is 0 Å². The Morgan fingerprint density at radius 2 is 1.79 bits per heavy atom. The lowest BCUT2D eigenvalue weighted by atomic mass is 10.3. The van der Waals surface area contributed by atoms with E-state index in [2.05, 4.69) is 31.0 Å². The summed E-state index contributed by atoms with van der Waals surface area (Å²) in [5, 5.41) is 3.48. The van der Waals surface area contributed by atoms with Crippen molar-refractivity contribution in [3.05, 3.63) is 0 Å². The summed E-state index contributed by atoms with van der Waals surface area (Å²) in [6.45, 7) is 12.6. The van der Waals surface area contributed by atoms with Crippen LogP contribution in [0.1, 0.15) is 27.2 Å². The Labute approximate surface area is 93.8 Å². The summed E-state index contributed by atoms with van der Waals surface area (Å²) in [5.74, 6) is 2.49. The molecule has 0 radical (unpaired) electrons. The lowest BCUT2D eigenvalue weighted by molar-refractivity contribution is 0.298. The van der Waals surface area contributed by atoms with Gasteiger partial charge >= 0.3 is 0 Å². The van der Waals surface area contributed by atoms with Crippen LogP contribution in [0, 0.1) is 0 Å². The third-order valence-electron chi connectivity index (χ3n) is 2.35. The van der Waals surface area contributed by atoms with Gasteiger partial charge in [0.15, 0.2) is 0 Å². The molecule has 0 unspecified atom stereocenters. The largest absolute Gasteiger partial charge is 0.316 e. The van der Waals surface area contributed by atoms with Crippen LogP contribution in [0.25, 0.3) is 0 Å². The molecular formula is C11H26N2S. The molecule has 0 aliphatic carbocycles. The van der Waals surface area contributed by atoms with Crippen LogP contribution < -0.4 is 5.32 Å². The maximum absolute atomic E-state index is 3.48. The molecule has 0 aromatic rings. The fraction of sp³-hybridized carbons (Fsp3) is 1.00. The van der Waals surface area contributed by atoms with Gasteiger partial charge in [-0.3, -0.25) is 0 Å². The van der Waals surface area contributed by atoms with E-state index in [0.29, 0.717) is 0 Å². The van der Waals surface area contributed by atoms with Gasteiger partial charge < -0.3 is 10.2 Å². The average molecular weight is 218 g/mol. The van der Waals surface area contributed by atoms with Crippen LogP contribution in [-0.2, 0) is 0 Å². The molecule has 0 atom stereocenters. The minimum Gasteiger partial charge on any atom is -0.316 e. The molecule has 0 aliphatic heterocycles. The molecule has 86 valence electrons. The highest BCUT2D eigenvalue weighted by Gasteiger charge is 1.97. The molecule has 0 saturated heterocycles. The molecule has 0 aliphatic rings. The van der Waals surface area contributed by atoms with Gasteiger partial charge in [-0.1, -0.05) is 20.8 Å². The van der Waals surface area contributed by atoms with Gasteiger partial charge in [-0.05, 0) is 38.4 Å². The zero-order valence-corrected chi connectivity index (χ0v) is 10.8. The van der Waals surface area contributed by atoms with Crippen molar-refractivity contribution in [3.63, 3.8) is 0 Å². The zero-order chi connectivity index (χ0) is 10.6. The fourth-order valence-corrected chi connectivity index (χ4v) is 1.96. The van der Waals surface area contributed by atoms with E-state index < -0.39 is 0 Å². The van der Waals surface area contributed by atoms with E-state index in [1.807, 2.05) is 11.8 Å². The van der Waals surface area contributed by atoms with Crippen LogP contribution in [0.4, 0.5) is 0 Å². The summed E-state index contributed by atoms with van der Waals surface area (Å²) < 4.78 is 0. The van der Waals surface area contributed by atoms with Gasteiger partial charge in [0.1, 0.15) is 0 Å². The van der Waals surface area contributed by atoms with Gasteiger partial charge in [0, 0.05) is 12.3 Å². The molecule has 0 saturated carbocycles. The number of nitrogens with one attached hydrogen (secondary N) is 1. The molecule has 0 heterocycles. The summed E-state index contributed by atoms with van der Waals surface area (Å²) in [4.78, 5) is 2.47. The standard InChI is InChI=1S/C11H26N2S/c1-4-13(5-2)10-7-8-12-9-11-14-6-3/h12H,4-11H2,1-3H3. The Hall–Kier alpha value is 0.270. The average Bonchev–Trinajstić information content (AvgIpc) is 2.22. The smallest absolute Gasteiger partial charge is 0.00579 e. The highest BCUT2D eigenvalue weighted by Crippen LogP contribution is 1.95. The molecule has 0 aromatic carbocycles. The SMILES string of the molecule is CCSCCNCCCN(CC)CC. The van der Waals surface area contributed by atoms with E-state index in [-0.39, 0.29) is 0 Å². The molecule has 0 rings (SSSR count). The predicted octanol–water partition coefficient (Wildman–Crippen LogP) is 2.06. The van der Waals surface area contributed by atoms with E-state index in [9.17, 15) is 0 Å². The summed E-state index contributed by atoms with van der Waals surface area (Å²) in [6, 6.07) is 0. The molecule has 14 heavy (non-hydrogen) atoms. The molecular weight excluding hydrogens is 192 g/mol. The van der Waals surface area contributed by atoms with Crippen molar-refractivity contribution >= 4 is 11.8 Å². The van der Waals surface area contributed by atoms with Gasteiger partial charge in [-0.15, -0.1) is 0 Å². The van der Waals surface area contributed by atoms with Crippen molar-refractivity contribution in [2.45, 2.75) is 27.2 Å². The van der Waals surface area contributed by atoms with Gasteiger partial charge in [0.2, 0.25) is 0 Å². The number of hydrogen-bond acceptors (Lipinski definition) is 3. The number of rotatable bonds is 10. The summed E-state index contributed by atoms with van der Waals surface area (Å²) >= 11 is 2.01. The Morgan fingerprint density at radius 3 is 2.36 bits per heavy atom. The lowest BCUT2D eigenvalue weighted by Gasteiger charge is -2.17. The van der Waals surface area contributed by atoms with Crippen molar-refractivity contribution in [1.29, 1.82) is 0 Å². The van der Waals surface area contributed by atoms with Gasteiger partial charge in [-0.2, -0.15) is 11.8 Å². The van der Waals surface area contributed by atoms with Crippen LogP contribution in [0.5, 0.6) is 0 Å². The first kappa shape index (κ1) is 14.3. The molecule has 0 amide bonds. The Bertz CT molecular complexity index is 105. The molecule has 0 fully saturated rings. The first-order valence-electron chi connectivity index (χ1n) is 5.85. The molecule has 0 bridgehead atoms. The maximum atomic E-state index is 3.48. The summed E-state index contributed by atoms with van der Waals surface area (Å²) in [7, 11) is 0. The summed E-state index contributed by atoms with van der Waals surface area (Å²) in [5.41, 5.74) is 0. The topological polar surface area (TPSA) is 15.3 Å². The first-order chi connectivity index (χ1) is 6.85. The third-order valence-corrected chi connectivity index (χ3v) is 3.25. The lowest BCUT2D eigenvalue weighted by Crippen LogP contribution is -2.27. The van der Waals surface area contributed by atoms with E-state index in [0.717, 1.165) is 6.54 Å². The van der Waals surface area contributed by atoms with Gasteiger partial charge in [0.25, 0.3) is 0 Å². The fourth-order valence-electron chi connectivity index (χ4n) is 1.38. The van der Waals surface area contributed by atoms with Crippen molar-refractivity contribution < 1.29 is 0 Å². The monoisotopic (exact) mass is 218 g/mol.